The minimum atomic E-state index is -1.79. The maximum absolute atomic E-state index is 13.3. The van der Waals surface area contributed by atoms with Gasteiger partial charge in [0.25, 0.3) is 0 Å². The van der Waals surface area contributed by atoms with Gasteiger partial charge in [0, 0.05) is 12.0 Å². The van der Waals surface area contributed by atoms with Crippen LogP contribution in [-0.2, 0) is 19.1 Å². The predicted octanol–water partition coefficient (Wildman–Crippen LogP) is 3.78. The molecule has 4 rings (SSSR count). The molecule has 8 nitrogen and oxygen atoms in total. The molecule has 0 saturated carbocycles. The van der Waals surface area contributed by atoms with Crippen molar-refractivity contribution < 1.29 is 29.0 Å². The molecular formula is C27H32N2O6. The predicted molar refractivity (Wildman–Crippen MR) is 130 cm³/mol. The molecule has 8 heteroatoms. The van der Waals surface area contributed by atoms with Crippen molar-refractivity contribution in [1.82, 2.24) is 10.2 Å². The van der Waals surface area contributed by atoms with E-state index in [9.17, 15) is 19.5 Å². The molecule has 1 amide bonds. The zero-order valence-electron chi connectivity index (χ0n) is 20.3. The number of nitrogens with one attached hydrogen (secondary N) is 1. The number of carboxylic acid groups (broad SMARTS) is 1. The molecule has 2 aromatic rings. The number of carboxylic acids is 1. The molecule has 35 heavy (non-hydrogen) atoms. The number of esters is 1. The number of carbonyl (C=O) groups is 3. The fourth-order valence-electron chi connectivity index (χ4n) is 4.88. The van der Waals surface area contributed by atoms with E-state index in [4.69, 9.17) is 9.47 Å². The molecule has 0 spiro atoms. The number of amides is 1. The summed E-state index contributed by atoms with van der Waals surface area (Å²) in [6.07, 6.45) is 0.199. The lowest BCUT2D eigenvalue weighted by atomic mass is 9.98. The van der Waals surface area contributed by atoms with Gasteiger partial charge >= 0.3 is 18.0 Å². The Morgan fingerprint density at radius 2 is 1.54 bits per heavy atom. The number of benzene rings is 2. The van der Waals surface area contributed by atoms with Crippen molar-refractivity contribution in [3.05, 3.63) is 59.7 Å². The SMILES string of the molecule is CC(C)(C)OC(=O)N(C1CCNCC1)C(C(=O)O)C(=O)OCC1c2ccccc2-c2ccccc21. The van der Waals surface area contributed by atoms with Gasteiger partial charge in [-0.1, -0.05) is 48.5 Å². The smallest absolute Gasteiger partial charge is 0.411 e. The first kappa shape index (κ1) is 24.7. The van der Waals surface area contributed by atoms with Crippen LogP contribution in [0.5, 0.6) is 0 Å². The Bertz CT molecular complexity index is 1060. The summed E-state index contributed by atoms with van der Waals surface area (Å²) in [5, 5.41) is 13.2. The highest BCUT2D eigenvalue weighted by molar-refractivity contribution is 6.01. The summed E-state index contributed by atoms with van der Waals surface area (Å²) in [7, 11) is 0. The first-order valence-corrected chi connectivity index (χ1v) is 12.0. The Kier molecular flexibility index (Phi) is 7.12. The Labute approximate surface area is 205 Å². The molecule has 2 aliphatic rings. The molecule has 1 fully saturated rings. The van der Waals surface area contributed by atoms with Crippen LogP contribution >= 0.6 is 0 Å². The van der Waals surface area contributed by atoms with Crippen molar-refractivity contribution in [1.29, 1.82) is 0 Å². The van der Waals surface area contributed by atoms with E-state index in [1.165, 1.54) is 0 Å². The van der Waals surface area contributed by atoms with Crippen LogP contribution in [0.1, 0.15) is 50.7 Å². The molecule has 1 atom stereocenters. The van der Waals surface area contributed by atoms with Gasteiger partial charge in [-0.2, -0.15) is 0 Å². The van der Waals surface area contributed by atoms with Gasteiger partial charge in [0.1, 0.15) is 12.2 Å². The lowest BCUT2D eigenvalue weighted by molar-refractivity contribution is -0.162. The van der Waals surface area contributed by atoms with E-state index < -0.39 is 35.7 Å². The highest BCUT2D eigenvalue weighted by atomic mass is 16.6. The third kappa shape index (κ3) is 5.32. The molecule has 0 bridgehead atoms. The van der Waals surface area contributed by atoms with Gasteiger partial charge in [0.05, 0.1) is 0 Å². The van der Waals surface area contributed by atoms with Crippen molar-refractivity contribution in [2.45, 2.75) is 57.2 Å². The maximum atomic E-state index is 13.3. The molecule has 1 aliphatic heterocycles. The van der Waals surface area contributed by atoms with Gasteiger partial charge in [-0.15, -0.1) is 0 Å². The number of carbonyl (C=O) groups excluding carboxylic acids is 2. The summed E-state index contributed by atoms with van der Waals surface area (Å²) < 4.78 is 11.1. The number of aliphatic carboxylic acids is 1. The van der Waals surface area contributed by atoms with Crippen LogP contribution in [0, 0.1) is 0 Å². The number of hydrogen-bond acceptors (Lipinski definition) is 6. The average Bonchev–Trinajstić information content (AvgIpc) is 3.14. The number of fused-ring (bicyclic) bond motifs is 3. The van der Waals surface area contributed by atoms with Gasteiger partial charge in [0.15, 0.2) is 0 Å². The minimum absolute atomic E-state index is 0.0228. The van der Waals surface area contributed by atoms with Crippen LogP contribution in [0.15, 0.2) is 48.5 Å². The lowest BCUT2D eigenvalue weighted by Crippen LogP contribution is -2.58. The van der Waals surface area contributed by atoms with Gasteiger partial charge in [-0.05, 0) is 69.0 Å². The molecule has 186 valence electrons. The second kappa shape index (κ2) is 10.1. The van der Waals surface area contributed by atoms with E-state index in [0.29, 0.717) is 25.9 Å². The highest BCUT2D eigenvalue weighted by Gasteiger charge is 2.44. The van der Waals surface area contributed by atoms with Crippen molar-refractivity contribution in [3.63, 3.8) is 0 Å². The summed E-state index contributed by atoms with van der Waals surface area (Å²) in [6, 6.07) is 13.6. The topological polar surface area (TPSA) is 105 Å². The van der Waals surface area contributed by atoms with Crippen LogP contribution in [0.2, 0.25) is 0 Å². The molecule has 1 heterocycles. The minimum Gasteiger partial charge on any atom is -0.479 e. The monoisotopic (exact) mass is 480 g/mol. The average molecular weight is 481 g/mol. The molecule has 1 unspecified atom stereocenters. The van der Waals surface area contributed by atoms with E-state index in [2.05, 4.69) is 5.32 Å². The number of ether oxygens (including phenoxy) is 2. The van der Waals surface area contributed by atoms with E-state index in [1.807, 2.05) is 48.5 Å². The fraction of sp³-hybridized carbons (Fsp3) is 0.444. The maximum Gasteiger partial charge on any atom is 0.411 e. The van der Waals surface area contributed by atoms with Gasteiger partial charge in [0.2, 0.25) is 6.04 Å². The van der Waals surface area contributed by atoms with Crippen LogP contribution in [0.3, 0.4) is 0 Å². The van der Waals surface area contributed by atoms with E-state index in [0.717, 1.165) is 27.2 Å². The molecule has 1 aliphatic carbocycles. The van der Waals surface area contributed by atoms with Crippen molar-refractivity contribution in [2.24, 2.45) is 0 Å². The second-order valence-corrected chi connectivity index (χ2v) is 9.97. The Morgan fingerprint density at radius 1 is 1.00 bits per heavy atom. The zero-order chi connectivity index (χ0) is 25.2. The number of rotatable bonds is 6. The standard InChI is InChI=1S/C27H32N2O6/c1-27(2,3)35-26(33)29(17-12-14-28-15-13-17)23(24(30)31)25(32)34-16-22-20-10-6-4-8-18(20)19-9-5-7-11-21(19)22/h4-11,17,22-23,28H,12-16H2,1-3H3,(H,30,31). The number of nitrogens with zero attached hydrogens (tertiary/aromatic N) is 1. The summed E-state index contributed by atoms with van der Waals surface area (Å²) in [5.74, 6) is -2.62. The Morgan fingerprint density at radius 3 is 2.06 bits per heavy atom. The molecule has 0 aromatic heterocycles. The largest absolute Gasteiger partial charge is 0.479 e. The van der Waals surface area contributed by atoms with Crippen molar-refractivity contribution >= 4 is 18.0 Å². The van der Waals surface area contributed by atoms with Crippen LogP contribution in [0.4, 0.5) is 4.79 Å². The molecule has 0 radical (unpaired) electrons. The van der Waals surface area contributed by atoms with Crippen LogP contribution in [-0.4, -0.2) is 65.4 Å². The first-order chi connectivity index (χ1) is 16.7. The Balaban J connectivity index is 1.58. The molecule has 2 N–H and O–H groups in total. The second-order valence-electron chi connectivity index (χ2n) is 9.97. The van der Waals surface area contributed by atoms with Gasteiger partial charge < -0.3 is 19.9 Å². The summed E-state index contributed by atoms with van der Waals surface area (Å²) in [5.41, 5.74) is 3.35. The Hall–Kier alpha value is -3.39. The first-order valence-electron chi connectivity index (χ1n) is 12.0. The normalized spacial score (nSPS) is 16.7. The number of hydrogen-bond donors (Lipinski definition) is 2. The lowest BCUT2D eigenvalue weighted by Gasteiger charge is -2.38. The summed E-state index contributed by atoms with van der Waals surface area (Å²) in [4.78, 5) is 39.7. The summed E-state index contributed by atoms with van der Waals surface area (Å²) in [6.45, 7) is 6.31. The van der Waals surface area contributed by atoms with E-state index in [-0.39, 0.29) is 12.5 Å². The molecular weight excluding hydrogens is 448 g/mol. The third-order valence-corrected chi connectivity index (χ3v) is 6.40. The summed E-state index contributed by atoms with van der Waals surface area (Å²) >= 11 is 0. The third-order valence-electron chi connectivity index (χ3n) is 6.40. The zero-order valence-corrected chi connectivity index (χ0v) is 20.3. The number of piperidine rings is 1. The van der Waals surface area contributed by atoms with E-state index >= 15 is 0 Å². The van der Waals surface area contributed by atoms with Crippen molar-refractivity contribution in [3.8, 4) is 11.1 Å². The van der Waals surface area contributed by atoms with Gasteiger partial charge in [-0.25, -0.2) is 14.4 Å². The fourth-order valence-corrected chi connectivity index (χ4v) is 4.88. The van der Waals surface area contributed by atoms with Gasteiger partial charge in [-0.3, -0.25) is 4.90 Å². The van der Waals surface area contributed by atoms with Crippen LogP contribution < -0.4 is 5.32 Å². The van der Waals surface area contributed by atoms with Crippen LogP contribution in [0.25, 0.3) is 11.1 Å². The highest BCUT2D eigenvalue weighted by Crippen LogP contribution is 2.44. The quantitative estimate of drug-likeness (QED) is 0.479. The molecule has 1 saturated heterocycles. The molecule has 2 aromatic carbocycles. The van der Waals surface area contributed by atoms with Crippen molar-refractivity contribution in [2.75, 3.05) is 19.7 Å². The van der Waals surface area contributed by atoms with E-state index in [1.54, 1.807) is 20.8 Å².